The van der Waals surface area contributed by atoms with E-state index in [4.69, 9.17) is 9.84 Å². The number of carboxylic acid groups (broad SMARTS) is 1. The maximum Gasteiger partial charge on any atom is 0.306 e. The average Bonchev–Trinajstić information content (AvgIpc) is 2.73. The second-order valence-corrected chi connectivity index (χ2v) is 5.15. The number of aliphatic carboxylic acids is 1. The Bertz CT molecular complexity index is 297. The van der Waals surface area contributed by atoms with Crippen molar-refractivity contribution in [2.45, 2.75) is 52.1 Å². The van der Waals surface area contributed by atoms with E-state index in [1.54, 1.807) is 0 Å². The first-order valence-corrected chi connectivity index (χ1v) is 6.59. The van der Waals surface area contributed by atoms with Crippen LogP contribution >= 0.6 is 0 Å². The van der Waals surface area contributed by atoms with Crippen molar-refractivity contribution < 1.29 is 19.4 Å². The first kappa shape index (κ1) is 15.0. The minimum atomic E-state index is -0.908. The molecule has 0 spiro atoms. The molecule has 5 nitrogen and oxygen atoms in total. The molecule has 0 aromatic heterocycles. The van der Waals surface area contributed by atoms with Crippen molar-refractivity contribution in [2.75, 3.05) is 13.2 Å². The number of ether oxygens (including phenoxy) is 1. The predicted molar refractivity (Wildman–Crippen MR) is 67.3 cm³/mol. The molecule has 1 aliphatic carbocycles. The molecule has 0 bridgehead atoms. The second-order valence-electron chi connectivity index (χ2n) is 5.15. The highest BCUT2D eigenvalue weighted by Gasteiger charge is 2.36. The van der Waals surface area contributed by atoms with Crippen LogP contribution in [0.1, 0.15) is 46.0 Å². The highest BCUT2D eigenvalue weighted by atomic mass is 16.5. The zero-order valence-corrected chi connectivity index (χ0v) is 11.2. The number of hydrogen-bond acceptors (Lipinski definition) is 3. The van der Waals surface area contributed by atoms with Gasteiger partial charge in [-0.2, -0.15) is 0 Å². The van der Waals surface area contributed by atoms with Gasteiger partial charge in [-0.05, 0) is 19.8 Å². The van der Waals surface area contributed by atoms with Crippen molar-refractivity contribution in [3.05, 3.63) is 0 Å². The summed E-state index contributed by atoms with van der Waals surface area (Å²) >= 11 is 0. The van der Waals surface area contributed by atoms with Crippen LogP contribution < -0.4 is 5.32 Å². The van der Waals surface area contributed by atoms with Gasteiger partial charge < -0.3 is 15.2 Å². The lowest BCUT2D eigenvalue weighted by atomic mass is 9.88. The molecule has 0 aliphatic heterocycles. The maximum absolute atomic E-state index is 12.0. The fourth-order valence-corrected chi connectivity index (χ4v) is 2.42. The lowest BCUT2D eigenvalue weighted by Gasteiger charge is -2.24. The summed E-state index contributed by atoms with van der Waals surface area (Å²) in [7, 11) is 0. The van der Waals surface area contributed by atoms with Crippen LogP contribution in [0.2, 0.25) is 0 Å². The molecular formula is C13H23NO4. The van der Waals surface area contributed by atoms with Crippen molar-refractivity contribution >= 4 is 11.9 Å². The zero-order valence-electron chi connectivity index (χ0n) is 11.2. The molecule has 2 N–H and O–H groups in total. The highest BCUT2D eigenvalue weighted by molar-refractivity contribution is 5.82. The van der Waals surface area contributed by atoms with E-state index in [0.717, 1.165) is 25.7 Å². The minimum absolute atomic E-state index is 0.0232. The number of hydrogen-bond donors (Lipinski definition) is 2. The summed E-state index contributed by atoms with van der Waals surface area (Å²) in [6, 6.07) is 0. The van der Waals surface area contributed by atoms with Crippen LogP contribution in [0.15, 0.2) is 0 Å². The summed E-state index contributed by atoms with van der Waals surface area (Å²) in [5.74, 6) is -0.884. The summed E-state index contributed by atoms with van der Waals surface area (Å²) in [5.41, 5.74) is -0.278. The normalized spacial score (nSPS) is 19.4. The minimum Gasteiger partial charge on any atom is -0.481 e. The van der Waals surface area contributed by atoms with Gasteiger partial charge in [0.05, 0.1) is 12.5 Å². The van der Waals surface area contributed by atoms with Crippen molar-refractivity contribution in [1.82, 2.24) is 5.32 Å². The fourth-order valence-electron chi connectivity index (χ4n) is 2.42. The zero-order chi connectivity index (χ0) is 13.6. The Labute approximate surface area is 108 Å². The number of carboxylic acids is 1. The Balaban J connectivity index is 2.41. The molecule has 1 aliphatic rings. The molecule has 1 amide bonds. The van der Waals surface area contributed by atoms with Gasteiger partial charge in [0.1, 0.15) is 0 Å². The Kier molecular flexibility index (Phi) is 5.59. The Morgan fingerprint density at radius 1 is 1.39 bits per heavy atom. The third-order valence-corrected chi connectivity index (χ3v) is 3.55. The van der Waals surface area contributed by atoms with Crippen molar-refractivity contribution in [3.8, 4) is 0 Å². The van der Waals surface area contributed by atoms with Gasteiger partial charge in [0.15, 0.2) is 0 Å². The maximum atomic E-state index is 12.0. The first-order chi connectivity index (χ1) is 8.48. The van der Waals surface area contributed by atoms with Gasteiger partial charge in [0, 0.05) is 18.6 Å². The molecule has 1 rings (SSSR count). The smallest absolute Gasteiger partial charge is 0.306 e. The van der Waals surface area contributed by atoms with E-state index < -0.39 is 12.1 Å². The Hall–Kier alpha value is -1.10. The van der Waals surface area contributed by atoms with Gasteiger partial charge in [-0.3, -0.25) is 9.59 Å². The van der Waals surface area contributed by atoms with Crippen LogP contribution in [-0.4, -0.2) is 36.2 Å². The van der Waals surface area contributed by atoms with Crippen LogP contribution in [0.25, 0.3) is 0 Å². The SMILES string of the molecule is CCOC(CNC(=O)C1(C)CCCC1)CC(=O)O. The van der Waals surface area contributed by atoms with Gasteiger partial charge in [0.25, 0.3) is 0 Å². The molecule has 0 aromatic carbocycles. The van der Waals surface area contributed by atoms with Crippen LogP contribution in [0.3, 0.4) is 0 Å². The monoisotopic (exact) mass is 257 g/mol. The van der Waals surface area contributed by atoms with Crippen molar-refractivity contribution in [1.29, 1.82) is 0 Å². The molecule has 0 saturated heterocycles. The van der Waals surface area contributed by atoms with Gasteiger partial charge in [0.2, 0.25) is 5.91 Å². The number of nitrogens with one attached hydrogen (secondary N) is 1. The van der Waals surface area contributed by atoms with Crippen LogP contribution in [0.4, 0.5) is 0 Å². The van der Waals surface area contributed by atoms with E-state index >= 15 is 0 Å². The van der Waals surface area contributed by atoms with Gasteiger partial charge in [-0.15, -0.1) is 0 Å². The predicted octanol–water partition coefficient (Wildman–Crippen LogP) is 1.56. The number of carbonyl (C=O) groups excluding carboxylic acids is 1. The largest absolute Gasteiger partial charge is 0.481 e. The molecule has 0 radical (unpaired) electrons. The molecule has 1 saturated carbocycles. The van der Waals surface area contributed by atoms with Crippen molar-refractivity contribution in [2.24, 2.45) is 5.41 Å². The first-order valence-electron chi connectivity index (χ1n) is 6.59. The van der Waals surface area contributed by atoms with E-state index in [0.29, 0.717) is 6.61 Å². The number of carbonyl (C=O) groups is 2. The molecule has 104 valence electrons. The fraction of sp³-hybridized carbons (Fsp3) is 0.846. The summed E-state index contributed by atoms with van der Waals surface area (Å²) in [6.45, 7) is 4.51. The Morgan fingerprint density at radius 2 is 2.00 bits per heavy atom. The standard InChI is InChI=1S/C13H23NO4/c1-3-18-10(8-11(15)16)9-14-12(17)13(2)6-4-5-7-13/h10H,3-9H2,1-2H3,(H,14,17)(H,15,16). The van der Waals surface area contributed by atoms with Gasteiger partial charge >= 0.3 is 5.97 Å². The molecule has 1 atom stereocenters. The average molecular weight is 257 g/mol. The van der Waals surface area contributed by atoms with Crippen LogP contribution in [0.5, 0.6) is 0 Å². The third kappa shape index (κ3) is 4.29. The number of amides is 1. The Morgan fingerprint density at radius 3 is 2.50 bits per heavy atom. The van der Waals surface area contributed by atoms with Crippen LogP contribution in [0, 0.1) is 5.41 Å². The highest BCUT2D eigenvalue weighted by Crippen LogP contribution is 2.37. The van der Waals surface area contributed by atoms with E-state index in [2.05, 4.69) is 5.32 Å². The topological polar surface area (TPSA) is 75.6 Å². The van der Waals surface area contributed by atoms with Gasteiger partial charge in [-0.1, -0.05) is 19.8 Å². The summed E-state index contributed by atoms with van der Waals surface area (Å²) < 4.78 is 5.30. The molecule has 0 heterocycles. The summed E-state index contributed by atoms with van der Waals surface area (Å²) in [4.78, 5) is 22.7. The molecule has 18 heavy (non-hydrogen) atoms. The molecule has 1 unspecified atom stereocenters. The summed E-state index contributed by atoms with van der Waals surface area (Å²) in [5, 5.41) is 11.6. The van der Waals surface area contributed by atoms with Gasteiger partial charge in [-0.25, -0.2) is 0 Å². The molecule has 0 aromatic rings. The van der Waals surface area contributed by atoms with E-state index in [1.165, 1.54) is 0 Å². The molecule has 5 heteroatoms. The third-order valence-electron chi connectivity index (χ3n) is 3.55. The van der Waals surface area contributed by atoms with E-state index in [9.17, 15) is 9.59 Å². The van der Waals surface area contributed by atoms with Crippen LogP contribution in [-0.2, 0) is 14.3 Å². The van der Waals surface area contributed by atoms with E-state index in [-0.39, 0.29) is 24.3 Å². The second kappa shape index (κ2) is 6.73. The molecular weight excluding hydrogens is 234 g/mol. The molecule has 1 fully saturated rings. The van der Waals surface area contributed by atoms with E-state index in [1.807, 2.05) is 13.8 Å². The quantitative estimate of drug-likeness (QED) is 0.725. The van der Waals surface area contributed by atoms with Crippen molar-refractivity contribution in [3.63, 3.8) is 0 Å². The summed E-state index contributed by atoms with van der Waals surface area (Å²) in [6.07, 6.45) is 3.49. The lowest BCUT2D eigenvalue weighted by Crippen LogP contribution is -2.42. The number of rotatable bonds is 7. The lowest BCUT2D eigenvalue weighted by molar-refractivity contribution is -0.141.